The van der Waals surface area contributed by atoms with Crippen LogP contribution in [0.4, 0.5) is 10.1 Å². The molecule has 0 aromatic heterocycles. The number of anilines is 1. The molecule has 2 amide bonds. The van der Waals surface area contributed by atoms with Crippen LogP contribution in [0.25, 0.3) is 0 Å². The third-order valence-corrected chi connectivity index (χ3v) is 6.77. The highest BCUT2D eigenvalue weighted by molar-refractivity contribution is 6.31. The van der Waals surface area contributed by atoms with Crippen molar-refractivity contribution in [1.82, 2.24) is 5.32 Å². The van der Waals surface area contributed by atoms with Gasteiger partial charge in [-0.1, -0.05) is 62.2 Å². The maximum absolute atomic E-state index is 15.3. The van der Waals surface area contributed by atoms with Crippen molar-refractivity contribution >= 4 is 40.7 Å². The lowest BCUT2D eigenvalue weighted by atomic mass is 9.62. The van der Waals surface area contributed by atoms with Gasteiger partial charge >= 0.3 is 0 Å². The van der Waals surface area contributed by atoms with E-state index in [1.165, 1.54) is 6.07 Å². The van der Waals surface area contributed by atoms with E-state index in [0.717, 1.165) is 0 Å². The summed E-state index contributed by atoms with van der Waals surface area (Å²) in [5.41, 5.74) is 5.71. The Morgan fingerprint density at radius 1 is 1.23 bits per heavy atom. The quantitative estimate of drug-likeness (QED) is 0.631. The van der Waals surface area contributed by atoms with Crippen LogP contribution in [0.15, 0.2) is 36.4 Å². The van der Waals surface area contributed by atoms with Crippen molar-refractivity contribution in [2.45, 2.75) is 50.6 Å². The normalized spacial score (nSPS) is 27.4. The third kappa shape index (κ3) is 3.41. The zero-order chi connectivity index (χ0) is 22.7. The first kappa shape index (κ1) is 22.1. The largest absolute Gasteiger partial charge is 0.368 e. The molecule has 2 heterocycles. The zero-order valence-electron chi connectivity index (χ0n) is 17.4. The number of hydrogen-bond donors (Lipinski definition) is 3. The Hall–Kier alpha value is -2.15. The summed E-state index contributed by atoms with van der Waals surface area (Å²) in [4.78, 5) is 26.3. The zero-order valence-corrected chi connectivity index (χ0v) is 18.9. The van der Waals surface area contributed by atoms with Gasteiger partial charge in [0, 0.05) is 22.7 Å². The minimum Gasteiger partial charge on any atom is -0.368 e. The molecule has 1 fully saturated rings. The van der Waals surface area contributed by atoms with E-state index in [4.69, 9.17) is 28.9 Å². The number of amides is 2. The fraction of sp³-hybridized carbons (Fsp3) is 0.391. The van der Waals surface area contributed by atoms with E-state index in [0.29, 0.717) is 22.7 Å². The van der Waals surface area contributed by atoms with E-state index in [2.05, 4.69) is 10.6 Å². The second kappa shape index (κ2) is 7.47. The number of nitrogens with one attached hydrogen (secondary N) is 2. The fourth-order valence-electron chi connectivity index (χ4n) is 5.17. The summed E-state index contributed by atoms with van der Waals surface area (Å²) < 4.78 is 15.3. The molecule has 0 saturated carbocycles. The highest BCUT2D eigenvalue weighted by Gasteiger charge is 2.66. The van der Waals surface area contributed by atoms with Gasteiger partial charge in [0.25, 0.3) is 0 Å². The molecule has 2 aliphatic rings. The Bertz CT molecular complexity index is 1080. The lowest BCUT2D eigenvalue weighted by Crippen LogP contribution is -2.49. The molecule has 4 N–H and O–H groups in total. The first-order valence-electron chi connectivity index (χ1n) is 10.1. The predicted molar refractivity (Wildman–Crippen MR) is 120 cm³/mol. The van der Waals surface area contributed by atoms with Crippen LogP contribution < -0.4 is 16.4 Å². The predicted octanol–water partition coefficient (Wildman–Crippen LogP) is 4.37. The topological polar surface area (TPSA) is 84.2 Å². The van der Waals surface area contributed by atoms with Crippen molar-refractivity contribution in [1.29, 1.82) is 0 Å². The van der Waals surface area contributed by atoms with Crippen LogP contribution in [-0.2, 0) is 15.0 Å². The maximum atomic E-state index is 15.3. The van der Waals surface area contributed by atoms with Crippen LogP contribution in [0, 0.1) is 11.2 Å². The average Bonchev–Trinajstić information content (AvgIpc) is 3.12. The number of nitrogens with two attached hydrogens (primary N) is 1. The molecular formula is C23H24Cl2FN3O2. The third-order valence-electron chi connectivity index (χ3n) is 6.25. The molecule has 5 nitrogen and oxygen atoms in total. The summed E-state index contributed by atoms with van der Waals surface area (Å²) in [5.74, 6) is -2.53. The SMILES string of the molecule is CC(C)(C)C[C@@H]1N[C@@H](C(N)=O)[C@H](c2cccc(Cl)c2F)[C@]12C(=O)Nc1cc(Cl)ccc12. The van der Waals surface area contributed by atoms with Crippen LogP contribution in [0.3, 0.4) is 0 Å². The minimum absolute atomic E-state index is 0.0788. The number of fused-ring (bicyclic) bond motifs is 2. The molecule has 4 atom stereocenters. The average molecular weight is 464 g/mol. The van der Waals surface area contributed by atoms with Crippen LogP contribution in [0.5, 0.6) is 0 Å². The Labute approximate surface area is 190 Å². The molecule has 1 saturated heterocycles. The molecule has 0 unspecified atom stereocenters. The Kier molecular flexibility index (Phi) is 5.31. The summed E-state index contributed by atoms with van der Waals surface area (Å²) in [6.07, 6.45) is 0.547. The highest BCUT2D eigenvalue weighted by atomic mass is 35.5. The van der Waals surface area contributed by atoms with Crippen molar-refractivity contribution < 1.29 is 14.0 Å². The smallest absolute Gasteiger partial charge is 0.237 e. The Morgan fingerprint density at radius 2 is 1.94 bits per heavy atom. The summed E-state index contributed by atoms with van der Waals surface area (Å²) in [6, 6.07) is 8.30. The summed E-state index contributed by atoms with van der Waals surface area (Å²) in [7, 11) is 0. The first-order valence-corrected chi connectivity index (χ1v) is 10.8. The number of benzene rings is 2. The summed E-state index contributed by atoms with van der Waals surface area (Å²) in [6.45, 7) is 6.14. The van der Waals surface area contributed by atoms with Gasteiger partial charge in [0.1, 0.15) is 11.2 Å². The van der Waals surface area contributed by atoms with Crippen LogP contribution in [0.2, 0.25) is 10.0 Å². The van der Waals surface area contributed by atoms with E-state index < -0.39 is 35.1 Å². The van der Waals surface area contributed by atoms with Gasteiger partial charge in [-0.2, -0.15) is 0 Å². The number of primary amides is 1. The van der Waals surface area contributed by atoms with Crippen LogP contribution >= 0.6 is 23.2 Å². The molecule has 0 radical (unpaired) electrons. The van der Waals surface area contributed by atoms with Crippen LogP contribution in [0.1, 0.15) is 44.2 Å². The number of rotatable bonds is 3. The minimum atomic E-state index is -1.27. The monoisotopic (exact) mass is 463 g/mol. The van der Waals surface area contributed by atoms with E-state index in [1.54, 1.807) is 30.3 Å². The second-order valence-electron chi connectivity index (χ2n) is 9.50. The molecule has 8 heteroatoms. The van der Waals surface area contributed by atoms with Crippen molar-refractivity contribution in [3.05, 3.63) is 63.4 Å². The van der Waals surface area contributed by atoms with Crippen molar-refractivity contribution in [3.63, 3.8) is 0 Å². The molecular weight excluding hydrogens is 440 g/mol. The molecule has 0 aliphatic carbocycles. The number of halogens is 3. The summed E-state index contributed by atoms with van der Waals surface area (Å²) >= 11 is 12.3. The lowest BCUT2D eigenvalue weighted by Gasteiger charge is -2.37. The summed E-state index contributed by atoms with van der Waals surface area (Å²) in [5, 5.41) is 6.58. The maximum Gasteiger partial charge on any atom is 0.237 e. The van der Waals surface area contributed by atoms with Crippen molar-refractivity contribution in [3.8, 4) is 0 Å². The molecule has 2 aromatic carbocycles. The van der Waals surface area contributed by atoms with E-state index in [1.807, 2.05) is 20.8 Å². The second-order valence-corrected chi connectivity index (χ2v) is 10.3. The number of hydrogen-bond acceptors (Lipinski definition) is 3. The van der Waals surface area contributed by atoms with E-state index in [9.17, 15) is 9.59 Å². The molecule has 2 aliphatic heterocycles. The molecule has 164 valence electrons. The fourth-order valence-corrected chi connectivity index (χ4v) is 5.53. The molecule has 31 heavy (non-hydrogen) atoms. The van der Waals surface area contributed by atoms with Gasteiger partial charge in [0.2, 0.25) is 11.8 Å². The first-order chi connectivity index (χ1) is 14.5. The van der Waals surface area contributed by atoms with Crippen molar-refractivity contribution in [2.24, 2.45) is 11.1 Å². The van der Waals surface area contributed by atoms with Gasteiger partial charge in [-0.3, -0.25) is 9.59 Å². The molecule has 2 aromatic rings. The van der Waals surface area contributed by atoms with Crippen LogP contribution in [-0.4, -0.2) is 23.9 Å². The van der Waals surface area contributed by atoms with E-state index >= 15 is 4.39 Å². The van der Waals surface area contributed by atoms with Gasteiger partial charge in [-0.25, -0.2) is 4.39 Å². The molecule has 4 rings (SSSR count). The number of carbonyl (C=O) groups is 2. The van der Waals surface area contributed by atoms with Gasteiger partial charge in [-0.15, -0.1) is 0 Å². The van der Waals surface area contributed by atoms with Crippen molar-refractivity contribution in [2.75, 3.05) is 5.32 Å². The Balaban J connectivity index is 2.04. The highest BCUT2D eigenvalue weighted by Crippen LogP contribution is 2.57. The lowest BCUT2D eigenvalue weighted by molar-refractivity contribution is -0.122. The standard InChI is InChI=1S/C23H24Cl2FN3O2/c1-22(2,3)10-16-23(13-8-7-11(24)9-15(13)28-21(23)31)17(19(29-16)20(27)30)12-5-4-6-14(25)18(12)26/h4-9,16-17,19,29H,10H2,1-3H3,(H2,27,30)(H,28,31)/t16-,17-,19+,23+/m0/s1. The number of carbonyl (C=O) groups excluding carboxylic acids is 2. The van der Waals surface area contributed by atoms with Gasteiger partial charge in [0.05, 0.1) is 11.1 Å². The van der Waals surface area contributed by atoms with Gasteiger partial charge in [-0.05, 0) is 41.2 Å². The van der Waals surface area contributed by atoms with Gasteiger partial charge < -0.3 is 16.4 Å². The molecule has 0 bridgehead atoms. The molecule has 1 spiro atoms. The van der Waals surface area contributed by atoms with Gasteiger partial charge in [0.15, 0.2) is 0 Å². The Morgan fingerprint density at radius 3 is 2.58 bits per heavy atom. The van der Waals surface area contributed by atoms with E-state index in [-0.39, 0.29) is 21.9 Å².